The average Bonchev–Trinajstić information content (AvgIpc) is 3.07. The Morgan fingerprint density at radius 3 is 2.32 bits per heavy atom. The van der Waals surface area contributed by atoms with E-state index in [2.05, 4.69) is 10.2 Å². The van der Waals surface area contributed by atoms with Crippen LogP contribution in [0, 0.1) is 4.77 Å². The molecule has 1 N–H and O–H groups in total. The van der Waals surface area contributed by atoms with Gasteiger partial charge in [0.25, 0.3) is 5.91 Å². The molecule has 1 aliphatic rings. The van der Waals surface area contributed by atoms with Crippen molar-refractivity contribution in [2.45, 2.75) is 18.8 Å². The maximum absolute atomic E-state index is 12.8. The summed E-state index contributed by atoms with van der Waals surface area (Å²) in [5.41, 5.74) is 0.678. The molecule has 0 saturated carbocycles. The van der Waals surface area contributed by atoms with Gasteiger partial charge in [0.1, 0.15) is 17.3 Å². The van der Waals surface area contributed by atoms with Crippen LogP contribution in [-0.4, -0.2) is 38.7 Å². The number of nitrogens with one attached hydrogen (secondary N) is 1. The third kappa shape index (κ3) is 3.84. The van der Waals surface area contributed by atoms with Crippen LogP contribution in [0.25, 0.3) is 0 Å². The molecule has 0 atom stereocenters. The van der Waals surface area contributed by atoms with Crippen molar-refractivity contribution in [2.24, 2.45) is 7.05 Å². The fourth-order valence-electron chi connectivity index (χ4n) is 3.54. The highest BCUT2D eigenvalue weighted by Crippen LogP contribution is 2.28. The number of H-pyrrole nitrogens is 1. The minimum absolute atomic E-state index is 0.0556. The second-order valence-corrected chi connectivity index (χ2v) is 7.34. The van der Waals surface area contributed by atoms with E-state index in [0.717, 1.165) is 24.4 Å². The largest absolute Gasteiger partial charge is 0.457 e. The number of ether oxygens (including phenoxy) is 1. The highest BCUT2D eigenvalue weighted by molar-refractivity contribution is 7.71. The monoisotopic (exact) mass is 394 g/mol. The van der Waals surface area contributed by atoms with Crippen LogP contribution in [0.4, 0.5) is 0 Å². The SMILES string of the molecule is Cn1c(C2CCN(C(=O)c3ccc(Oc4ccccc4)cc3)CC2)n[nH]c1=S. The number of likely N-dealkylation sites (tertiary alicyclic amines) is 1. The summed E-state index contributed by atoms with van der Waals surface area (Å²) in [5, 5.41) is 7.18. The zero-order valence-corrected chi connectivity index (χ0v) is 16.5. The molecule has 1 fully saturated rings. The van der Waals surface area contributed by atoms with Gasteiger partial charge in [0.05, 0.1) is 0 Å². The number of amides is 1. The Kier molecular flexibility index (Phi) is 5.25. The molecule has 7 heteroatoms. The molecule has 0 radical (unpaired) electrons. The highest BCUT2D eigenvalue weighted by atomic mass is 32.1. The molecule has 144 valence electrons. The minimum Gasteiger partial charge on any atom is -0.457 e. The molecule has 2 aromatic carbocycles. The van der Waals surface area contributed by atoms with Crippen molar-refractivity contribution in [3.63, 3.8) is 0 Å². The Hall–Kier alpha value is -2.93. The molecular weight excluding hydrogens is 372 g/mol. The molecule has 0 unspecified atom stereocenters. The molecule has 1 aliphatic heterocycles. The van der Waals surface area contributed by atoms with E-state index in [9.17, 15) is 4.79 Å². The van der Waals surface area contributed by atoms with Crippen LogP contribution < -0.4 is 4.74 Å². The van der Waals surface area contributed by atoms with Gasteiger partial charge < -0.3 is 14.2 Å². The summed E-state index contributed by atoms with van der Waals surface area (Å²) in [4.78, 5) is 14.7. The van der Waals surface area contributed by atoms with Crippen molar-refractivity contribution in [3.8, 4) is 11.5 Å². The van der Waals surface area contributed by atoms with Gasteiger partial charge in [0, 0.05) is 31.6 Å². The molecule has 3 aromatic rings. The van der Waals surface area contributed by atoms with E-state index in [1.807, 2.05) is 71.1 Å². The maximum Gasteiger partial charge on any atom is 0.253 e. The van der Waals surface area contributed by atoms with Gasteiger partial charge in [0.15, 0.2) is 4.77 Å². The summed E-state index contributed by atoms with van der Waals surface area (Å²) < 4.78 is 8.34. The number of hydrogen-bond acceptors (Lipinski definition) is 4. The van der Waals surface area contributed by atoms with Gasteiger partial charge >= 0.3 is 0 Å². The van der Waals surface area contributed by atoms with Crippen LogP contribution in [-0.2, 0) is 7.05 Å². The first-order valence-corrected chi connectivity index (χ1v) is 9.76. The standard InChI is InChI=1S/C21H22N4O2S/c1-24-19(22-23-21(24)28)15-11-13-25(14-12-15)20(26)16-7-9-18(10-8-16)27-17-5-3-2-4-6-17/h2-10,15H,11-14H2,1H3,(H,23,28). The third-order valence-electron chi connectivity index (χ3n) is 5.14. The second-order valence-electron chi connectivity index (χ2n) is 6.95. The molecule has 2 heterocycles. The predicted molar refractivity (Wildman–Crippen MR) is 109 cm³/mol. The van der Waals surface area contributed by atoms with Crippen molar-refractivity contribution in [1.82, 2.24) is 19.7 Å². The number of hydrogen-bond donors (Lipinski definition) is 1. The average molecular weight is 395 g/mol. The van der Waals surface area contributed by atoms with Gasteiger partial charge in [-0.1, -0.05) is 18.2 Å². The molecule has 4 rings (SSSR count). The number of benzene rings is 2. The van der Waals surface area contributed by atoms with Crippen molar-refractivity contribution in [1.29, 1.82) is 0 Å². The molecule has 0 spiro atoms. The first-order valence-electron chi connectivity index (χ1n) is 9.35. The van der Waals surface area contributed by atoms with Crippen molar-refractivity contribution < 1.29 is 9.53 Å². The van der Waals surface area contributed by atoms with Gasteiger partial charge in [0.2, 0.25) is 0 Å². The zero-order valence-electron chi connectivity index (χ0n) is 15.7. The lowest BCUT2D eigenvalue weighted by atomic mass is 9.95. The van der Waals surface area contributed by atoms with E-state index < -0.39 is 0 Å². The van der Waals surface area contributed by atoms with Crippen LogP contribution in [0.15, 0.2) is 54.6 Å². The normalized spacial score (nSPS) is 14.8. The predicted octanol–water partition coefficient (Wildman–Crippen LogP) is 4.29. The lowest BCUT2D eigenvalue weighted by Gasteiger charge is -2.31. The Bertz CT molecular complexity index is 1000. The number of aromatic nitrogens is 3. The molecule has 6 nitrogen and oxygen atoms in total. The number of carbonyl (C=O) groups excluding carboxylic acids is 1. The maximum atomic E-state index is 12.8. The number of rotatable bonds is 4. The summed E-state index contributed by atoms with van der Waals surface area (Å²) in [6.45, 7) is 1.43. The quantitative estimate of drug-likeness (QED) is 0.671. The first-order chi connectivity index (χ1) is 13.6. The molecule has 28 heavy (non-hydrogen) atoms. The smallest absolute Gasteiger partial charge is 0.253 e. The van der Waals surface area contributed by atoms with E-state index in [4.69, 9.17) is 17.0 Å². The van der Waals surface area contributed by atoms with Crippen LogP contribution in [0.1, 0.15) is 34.9 Å². The molecule has 0 aliphatic carbocycles. The Labute approximate surface area is 168 Å². The fourth-order valence-corrected chi connectivity index (χ4v) is 3.68. The highest BCUT2D eigenvalue weighted by Gasteiger charge is 2.27. The van der Waals surface area contributed by atoms with E-state index in [1.54, 1.807) is 0 Å². The van der Waals surface area contributed by atoms with Crippen LogP contribution in [0.5, 0.6) is 11.5 Å². The van der Waals surface area contributed by atoms with E-state index in [0.29, 0.717) is 35.1 Å². The van der Waals surface area contributed by atoms with Gasteiger partial charge in [-0.3, -0.25) is 9.89 Å². The van der Waals surface area contributed by atoms with Crippen LogP contribution in [0.3, 0.4) is 0 Å². The van der Waals surface area contributed by atoms with Crippen molar-refractivity contribution in [2.75, 3.05) is 13.1 Å². The summed E-state index contributed by atoms with van der Waals surface area (Å²) in [5.74, 6) is 2.84. The number of para-hydroxylation sites is 1. The third-order valence-corrected chi connectivity index (χ3v) is 5.51. The number of carbonyl (C=O) groups is 1. The van der Waals surface area contributed by atoms with Crippen LogP contribution >= 0.6 is 12.2 Å². The second kappa shape index (κ2) is 7.98. The van der Waals surface area contributed by atoms with Gasteiger partial charge in [-0.05, 0) is 61.5 Å². The van der Waals surface area contributed by atoms with Gasteiger partial charge in [-0.25, -0.2) is 0 Å². The number of nitrogens with zero attached hydrogens (tertiary/aromatic N) is 3. The van der Waals surface area contributed by atoms with Crippen LogP contribution in [0.2, 0.25) is 0 Å². The topological polar surface area (TPSA) is 63.1 Å². The Morgan fingerprint density at radius 1 is 1.07 bits per heavy atom. The minimum atomic E-state index is 0.0556. The van der Waals surface area contributed by atoms with Gasteiger partial charge in [-0.2, -0.15) is 5.10 Å². The lowest BCUT2D eigenvalue weighted by Crippen LogP contribution is -2.38. The molecule has 1 aromatic heterocycles. The van der Waals surface area contributed by atoms with E-state index in [1.165, 1.54) is 0 Å². The summed E-state index contributed by atoms with van der Waals surface area (Å²) in [6, 6.07) is 16.9. The molecule has 1 amide bonds. The Balaban J connectivity index is 1.37. The summed E-state index contributed by atoms with van der Waals surface area (Å²) in [6.07, 6.45) is 1.77. The fraction of sp³-hybridized carbons (Fsp3) is 0.286. The molecular formula is C21H22N4O2S. The first kappa shape index (κ1) is 18.4. The number of aromatic amines is 1. The van der Waals surface area contributed by atoms with E-state index in [-0.39, 0.29) is 5.91 Å². The van der Waals surface area contributed by atoms with Crippen molar-refractivity contribution in [3.05, 3.63) is 70.8 Å². The summed E-state index contributed by atoms with van der Waals surface area (Å²) in [7, 11) is 1.93. The van der Waals surface area contributed by atoms with Gasteiger partial charge in [-0.15, -0.1) is 0 Å². The Morgan fingerprint density at radius 2 is 1.71 bits per heavy atom. The summed E-state index contributed by atoms with van der Waals surface area (Å²) >= 11 is 5.19. The van der Waals surface area contributed by atoms with Crippen molar-refractivity contribution >= 4 is 18.1 Å². The molecule has 1 saturated heterocycles. The number of piperidine rings is 1. The lowest BCUT2D eigenvalue weighted by molar-refractivity contribution is 0.0710. The molecule has 0 bridgehead atoms. The van der Waals surface area contributed by atoms with E-state index >= 15 is 0 Å². The zero-order chi connectivity index (χ0) is 19.5.